The minimum absolute atomic E-state index is 0.0618. The SMILES string of the molecule is NC(=O)c1c(F)cccc1C(=O)N1CC2CN(CC[CH]c3ccccc3)C[C@H]2C1. The maximum atomic E-state index is 14.0. The molecule has 2 saturated heterocycles. The van der Waals surface area contributed by atoms with Crippen LogP contribution in [-0.4, -0.2) is 54.3 Å². The van der Waals surface area contributed by atoms with Gasteiger partial charge in [0.05, 0.1) is 11.1 Å². The van der Waals surface area contributed by atoms with Gasteiger partial charge in [0, 0.05) is 26.2 Å². The monoisotopic (exact) mass is 394 g/mol. The smallest absolute Gasteiger partial charge is 0.254 e. The van der Waals surface area contributed by atoms with Crippen LogP contribution in [0.1, 0.15) is 32.7 Å². The van der Waals surface area contributed by atoms with Gasteiger partial charge in [-0.2, -0.15) is 0 Å². The van der Waals surface area contributed by atoms with E-state index >= 15 is 0 Å². The zero-order valence-electron chi connectivity index (χ0n) is 16.3. The molecule has 2 atom stereocenters. The fourth-order valence-electron chi connectivity index (χ4n) is 4.56. The standard InChI is InChI=1S/C23H25FN3O2/c24-20-10-4-9-19(21(20)22(25)28)23(29)27-14-17-12-26(13-18(17)15-27)11-5-8-16-6-2-1-3-7-16/h1-4,6-10,17-18H,5,11-15H2,(H2,25,28)/t17-,18?/m0/s1. The lowest BCUT2D eigenvalue weighted by atomic mass is 10.0. The van der Waals surface area contributed by atoms with Gasteiger partial charge >= 0.3 is 0 Å². The van der Waals surface area contributed by atoms with Crippen LogP contribution in [0.15, 0.2) is 48.5 Å². The number of likely N-dealkylation sites (tertiary alicyclic amines) is 2. The Morgan fingerprint density at radius 2 is 1.69 bits per heavy atom. The van der Waals surface area contributed by atoms with Crippen LogP contribution in [0.2, 0.25) is 0 Å². The quantitative estimate of drug-likeness (QED) is 0.819. The fourth-order valence-corrected chi connectivity index (χ4v) is 4.56. The lowest BCUT2D eigenvalue weighted by Gasteiger charge is -2.22. The Kier molecular flexibility index (Phi) is 5.62. The predicted octanol–water partition coefficient (Wildman–Crippen LogP) is 2.57. The topological polar surface area (TPSA) is 66.6 Å². The van der Waals surface area contributed by atoms with Crippen molar-refractivity contribution in [2.75, 3.05) is 32.7 Å². The maximum Gasteiger partial charge on any atom is 0.254 e. The highest BCUT2D eigenvalue weighted by atomic mass is 19.1. The first kappa shape index (κ1) is 19.6. The summed E-state index contributed by atoms with van der Waals surface area (Å²) < 4.78 is 14.0. The van der Waals surface area contributed by atoms with E-state index in [4.69, 9.17) is 5.73 Å². The van der Waals surface area contributed by atoms with Crippen molar-refractivity contribution in [3.05, 3.63) is 77.5 Å². The second kappa shape index (κ2) is 8.33. The highest BCUT2D eigenvalue weighted by Gasteiger charge is 2.42. The van der Waals surface area contributed by atoms with Crippen molar-refractivity contribution in [1.29, 1.82) is 0 Å². The third kappa shape index (κ3) is 4.17. The average Bonchev–Trinajstić information content (AvgIpc) is 3.26. The average molecular weight is 394 g/mol. The van der Waals surface area contributed by atoms with Crippen LogP contribution >= 0.6 is 0 Å². The van der Waals surface area contributed by atoms with Crippen molar-refractivity contribution in [2.24, 2.45) is 17.6 Å². The van der Waals surface area contributed by atoms with E-state index in [0.717, 1.165) is 32.1 Å². The Morgan fingerprint density at radius 1 is 1.00 bits per heavy atom. The number of carbonyl (C=O) groups is 2. The van der Waals surface area contributed by atoms with Crippen LogP contribution in [0.3, 0.4) is 0 Å². The van der Waals surface area contributed by atoms with E-state index in [0.29, 0.717) is 24.9 Å². The molecule has 5 nitrogen and oxygen atoms in total. The number of hydrogen-bond donors (Lipinski definition) is 1. The third-order valence-corrected chi connectivity index (χ3v) is 5.96. The van der Waals surface area contributed by atoms with Gasteiger partial charge in [-0.3, -0.25) is 9.59 Å². The molecule has 0 spiro atoms. The maximum absolute atomic E-state index is 14.0. The number of fused-ring (bicyclic) bond motifs is 1. The molecule has 6 heteroatoms. The number of benzene rings is 2. The zero-order valence-corrected chi connectivity index (χ0v) is 16.3. The van der Waals surface area contributed by atoms with Gasteiger partial charge < -0.3 is 15.5 Å². The molecule has 0 aromatic heterocycles. The Bertz CT molecular complexity index is 888. The van der Waals surface area contributed by atoms with Crippen molar-refractivity contribution in [3.8, 4) is 0 Å². The van der Waals surface area contributed by atoms with Crippen molar-refractivity contribution in [3.63, 3.8) is 0 Å². The summed E-state index contributed by atoms with van der Waals surface area (Å²) in [7, 11) is 0. The van der Waals surface area contributed by atoms with Crippen molar-refractivity contribution < 1.29 is 14.0 Å². The van der Waals surface area contributed by atoms with Crippen molar-refractivity contribution in [2.45, 2.75) is 6.42 Å². The molecule has 151 valence electrons. The predicted molar refractivity (Wildman–Crippen MR) is 109 cm³/mol. The molecule has 2 heterocycles. The molecule has 2 N–H and O–H groups in total. The van der Waals surface area contributed by atoms with Gasteiger partial charge in [-0.1, -0.05) is 36.4 Å². The summed E-state index contributed by atoms with van der Waals surface area (Å²) in [5.74, 6) is -1.13. The molecule has 2 aliphatic rings. The Balaban J connectivity index is 1.32. The van der Waals surface area contributed by atoms with Crippen LogP contribution in [0.5, 0.6) is 0 Å². The van der Waals surface area contributed by atoms with Gasteiger partial charge in [-0.15, -0.1) is 0 Å². The molecule has 2 aliphatic heterocycles. The molecule has 0 bridgehead atoms. The van der Waals surface area contributed by atoms with Crippen LogP contribution < -0.4 is 5.73 Å². The first-order valence-electron chi connectivity index (χ1n) is 10.0. The number of nitrogens with two attached hydrogens (primary N) is 1. The first-order chi connectivity index (χ1) is 14.0. The molecule has 2 aromatic carbocycles. The van der Waals surface area contributed by atoms with Gasteiger partial charge in [-0.25, -0.2) is 4.39 Å². The van der Waals surface area contributed by atoms with Gasteiger partial charge in [0.1, 0.15) is 5.82 Å². The summed E-state index contributed by atoms with van der Waals surface area (Å²) in [6.07, 6.45) is 3.25. The van der Waals surface area contributed by atoms with E-state index < -0.39 is 11.7 Å². The lowest BCUT2D eigenvalue weighted by molar-refractivity contribution is 0.0767. The molecule has 1 unspecified atom stereocenters. The highest BCUT2D eigenvalue weighted by molar-refractivity contribution is 6.06. The Hall–Kier alpha value is -2.73. The number of primary amides is 1. The van der Waals surface area contributed by atoms with Crippen molar-refractivity contribution in [1.82, 2.24) is 9.80 Å². The lowest BCUT2D eigenvalue weighted by Crippen LogP contribution is -2.35. The summed E-state index contributed by atoms with van der Waals surface area (Å²) in [5, 5.41) is 0. The summed E-state index contributed by atoms with van der Waals surface area (Å²) in [6.45, 7) is 4.20. The van der Waals surface area contributed by atoms with E-state index in [1.165, 1.54) is 17.7 Å². The molecule has 2 aromatic rings. The minimum atomic E-state index is -0.910. The molecule has 0 saturated carbocycles. The van der Waals surface area contributed by atoms with E-state index in [9.17, 15) is 14.0 Å². The van der Waals surface area contributed by atoms with Crippen LogP contribution in [0.25, 0.3) is 0 Å². The second-order valence-electron chi connectivity index (χ2n) is 7.92. The Labute approximate surface area is 170 Å². The number of amides is 2. The van der Waals surface area contributed by atoms with E-state index in [1.54, 1.807) is 4.90 Å². The number of nitrogens with zero attached hydrogens (tertiary/aromatic N) is 2. The zero-order chi connectivity index (χ0) is 20.4. The molecule has 4 rings (SSSR count). The summed E-state index contributed by atoms with van der Waals surface area (Å²) in [4.78, 5) is 28.7. The van der Waals surface area contributed by atoms with Crippen LogP contribution in [0.4, 0.5) is 4.39 Å². The van der Waals surface area contributed by atoms with Gasteiger partial charge in [0.2, 0.25) is 0 Å². The highest BCUT2D eigenvalue weighted by Crippen LogP contribution is 2.32. The summed E-state index contributed by atoms with van der Waals surface area (Å²) in [5.41, 5.74) is 6.28. The number of carbonyl (C=O) groups excluding carboxylic acids is 2. The number of halogens is 1. The normalized spacial score (nSPS) is 21.3. The van der Waals surface area contributed by atoms with Crippen LogP contribution in [0, 0.1) is 24.1 Å². The Morgan fingerprint density at radius 3 is 2.34 bits per heavy atom. The number of hydrogen-bond acceptors (Lipinski definition) is 3. The van der Waals surface area contributed by atoms with E-state index in [2.05, 4.69) is 23.5 Å². The van der Waals surface area contributed by atoms with Crippen molar-refractivity contribution >= 4 is 11.8 Å². The molecular weight excluding hydrogens is 369 g/mol. The fraction of sp³-hybridized carbons (Fsp3) is 0.348. The van der Waals surface area contributed by atoms with E-state index in [-0.39, 0.29) is 17.0 Å². The largest absolute Gasteiger partial charge is 0.365 e. The third-order valence-electron chi connectivity index (χ3n) is 5.96. The van der Waals surface area contributed by atoms with Gasteiger partial charge in [0.25, 0.3) is 11.8 Å². The molecule has 2 fully saturated rings. The van der Waals surface area contributed by atoms with Gasteiger partial charge in [0.15, 0.2) is 0 Å². The van der Waals surface area contributed by atoms with Crippen LogP contribution in [-0.2, 0) is 0 Å². The molecule has 1 radical (unpaired) electrons. The second-order valence-corrected chi connectivity index (χ2v) is 7.92. The summed E-state index contributed by atoms with van der Waals surface area (Å²) >= 11 is 0. The molecule has 0 aliphatic carbocycles. The van der Waals surface area contributed by atoms with Gasteiger partial charge in [-0.05, 0) is 48.9 Å². The molecule has 2 amide bonds. The first-order valence-corrected chi connectivity index (χ1v) is 10.0. The minimum Gasteiger partial charge on any atom is -0.365 e. The molecular formula is C23H25FN3O2. The van der Waals surface area contributed by atoms with E-state index in [1.807, 2.05) is 18.2 Å². The number of rotatable bonds is 6. The summed E-state index contributed by atoms with van der Waals surface area (Å²) in [6, 6.07) is 14.4. The molecule has 29 heavy (non-hydrogen) atoms.